The zero-order valence-electron chi connectivity index (χ0n) is 10.5. The van der Waals surface area contributed by atoms with Crippen molar-refractivity contribution < 1.29 is 9.90 Å². The summed E-state index contributed by atoms with van der Waals surface area (Å²) < 4.78 is 3.04. The van der Waals surface area contributed by atoms with Crippen LogP contribution in [0.25, 0.3) is 16.3 Å². The molecule has 0 radical (unpaired) electrons. The van der Waals surface area contributed by atoms with Gasteiger partial charge in [-0.3, -0.25) is 0 Å². The lowest BCUT2D eigenvalue weighted by Crippen LogP contribution is -1.96. The molecule has 0 bridgehead atoms. The Hall–Kier alpha value is -1.63. The summed E-state index contributed by atoms with van der Waals surface area (Å²) >= 11 is 10.6. The number of carbonyl (C=O) groups is 1. The van der Waals surface area contributed by atoms with Gasteiger partial charge in [-0.25, -0.2) is 9.48 Å². The molecular weight excluding hydrogens is 376 g/mol. The highest BCUT2D eigenvalue weighted by Crippen LogP contribution is 2.32. The minimum atomic E-state index is -1.02. The molecule has 3 aromatic rings. The van der Waals surface area contributed by atoms with E-state index in [2.05, 4.69) is 21.0 Å². The Kier molecular flexibility index (Phi) is 3.84. The van der Waals surface area contributed by atoms with E-state index in [1.807, 2.05) is 24.3 Å². The summed E-state index contributed by atoms with van der Waals surface area (Å²) in [6.45, 7) is 0. The number of carboxylic acids is 1. The molecule has 21 heavy (non-hydrogen) atoms. The molecule has 7 heteroatoms. The minimum absolute atomic E-state index is 0.147. The van der Waals surface area contributed by atoms with Crippen LogP contribution in [0.5, 0.6) is 0 Å². The summed E-state index contributed by atoms with van der Waals surface area (Å²) in [5.41, 5.74) is 1.34. The monoisotopic (exact) mass is 382 g/mol. The summed E-state index contributed by atoms with van der Waals surface area (Å²) in [6.07, 6.45) is 1.51. The summed E-state index contributed by atoms with van der Waals surface area (Å²) in [5, 5.41) is 13.8. The van der Waals surface area contributed by atoms with Crippen LogP contribution in [-0.4, -0.2) is 20.9 Å². The van der Waals surface area contributed by atoms with E-state index in [1.54, 1.807) is 16.8 Å². The number of carboxylic acid groups (broad SMARTS) is 1. The number of nitrogens with zero attached hydrogens (tertiary/aromatic N) is 2. The standard InChI is InChI=1S/C14H8BrClN2O2S/c15-8-2-1-3-9(6-8)18-7-10(14(19)20)13(17-18)11-4-5-12(16)21-11/h1-7H,(H,19,20). The first-order valence-electron chi connectivity index (χ1n) is 5.89. The molecule has 0 fully saturated rings. The van der Waals surface area contributed by atoms with Crippen LogP contribution in [0.2, 0.25) is 4.34 Å². The average molecular weight is 384 g/mol. The minimum Gasteiger partial charge on any atom is -0.478 e. The molecule has 0 aliphatic heterocycles. The van der Waals surface area contributed by atoms with Gasteiger partial charge in [-0.05, 0) is 30.3 Å². The molecule has 3 rings (SSSR count). The number of halogens is 2. The molecule has 0 aliphatic carbocycles. The molecular formula is C14H8BrClN2O2S. The van der Waals surface area contributed by atoms with Crippen molar-refractivity contribution in [2.24, 2.45) is 0 Å². The highest BCUT2D eigenvalue weighted by Gasteiger charge is 2.19. The third-order valence-corrected chi connectivity index (χ3v) is 4.56. The summed E-state index contributed by atoms with van der Waals surface area (Å²) in [5.74, 6) is -1.02. The maximum Gasteiger partial charge on any atom is 0.339 e. The van der Waals surface area contributed by atoms with E-state index >= 15 is 0 Å². The fourth-order valence-electron chi connectivity index (χ4n) is 1.90. The highest BCUT2D eigenvalue weighted by molar-refractivity contribution is 9.10. The van der Waals surface area contributed by atoms with Crippen molar-refractivity contribution in [3.05, 3.63) is 57.0 Å². The first kappa shape index (κ1) is 14.3. The fraction of sp³-hybridized carbons (Fsp3) is 0. The zero-order valence-corrected chi connectivity index (χ0v) is 13.6. The Morgan fingerprint density at radius 1 is 1.33 bits per heavy atom. The smallest absolute Gasteiger partial charge is 0.339 e. The lowest BCUT2D eigenvalue weighted by molar-refractivity contribution is 0.0697. The summed E-state index contributed by atoms with van der Waals surface area (Å²) in [7, 11) is 0. The van der Waals surface area contributed by atoms with Crippen molar-refractivity contribution in [3.8, 4) is 16.3 Å². The molecule has 0 saturated heterocycles. The van der Waals surface area contributed by atoms with Crippen molar-refractivity contribution in [1.82, 2.24) is 9.78 Å². The van der Waals surface area contributed by atoms with Crippen LogP contribution in [0, 0.1) is 0 Å². The van der Waals surface area contributed by atoms with Crippen LogP contribution in [0.1, 0.15) is 10.4 Å². The van der Waals surface area contributed by atoms with Crippen LogP contribution in [0.4, 0.5) is 0 Å². The second kappa shape index (κ2) is 5.63. The van der Waals surface area contributed by atoms with Gasteiger partial charge in [0.05, 0.1) is 14.9 Å². The van der Waals surface area contributed by atoms with Gasteiger partial charge in [0.15, 0.2) is 0 Å². The zero-order chi connectivity index (χ0) is 15.0. The molecule has 1 N–H and O–H groups in total. The maximum absolute atomic E-state index is 11.4. The van der Waals surface area contributed by atoms with Gasteiger partial charge in [-0.2, -0.15) is 5.10 Å². The third kappa shape index (κ3) is 2.88. The lowest BCUT2D eigenvalue weighted by Gasteiger charge is -2.00. The van der Waals surface area contributed by atoms with Gasteiger partial charge in [0.1, 0.15) is 11.3 Å². The van der Waals surface area contributed by atoms with Crippen LogP contribution in [0.15, 0.2) is 47.1 Å². The topological polar surface area (TPSA) is 55.1 Å². The van der Waals surface area contributed by atoms with Gasteiger partial charge in [0.25, 0.3) is 0 Å². The molecule has 4 nitrogen and oxygen atoms in total. The number of rotatable bonds is 3. The van der Waals surface area contributed by atoms with Gasteiger partial charge >= 0.3 is 5.97 Å². The van der Waals surface area contributed by atoms with Crippen molar-refractivity contribution in [2.75, 3.05) is 0 Å². The number of hydrogen-bond donors (Lipinski definition) is 1. The molecule has 1 aromatic carbocycles. The third-order valence-electron chi connectivity index (χ3n) is 2.82. The van der Waals surface area contributed by atoms with E-state index < -0.39 is 5.97 Å². The van der Waals surface area contributed by atoms with Crippen molar-refractivity contribution in [1.29, 1.82) is 0 Å². The average Bonchev–Trinajstić information content (AvgIpc) is 3.04. The van der Waals surface area contributed by atoms with Crippen LogP contribution >= 0.6 is 38.9 Å². The van der Waals surface area contributed by atoms with E-state index in [0.29, 0.717) is 10.0 Å². The van der Waals surface area contributed by atoms with Gasteiger partial charge in [0, 0.05) is 10.7 Å². The molecule has 0 aliphatic rings. The Bertz CT molecular complexity index is 828. The first-order valence-corrected chi connectivity index (χ1v) is 7.88. The van der Waals surface area contributed by atoms with Gasteiger partial charge < -0.3 is 5.11 Å². The SMILES string of the molecule is O=C(O)c1cn(-c2cccc(Br)c2)nc1-c1ccc(Cl)s1. The molecule has 0 amide bonds. The largest absolute Gasteiger partial charge is 0.478 e. The van der Waals surface area contributed by atoms with E-state index in [0.717, 1.165) is 15.0 Å². The van der Waals surface area contributed by atoms with Gasteiger partial charge in [-0.1, -0.05) is 33.6 Å². The van der Waals surface area contributed by atoms with E-state index in [1.165, 1.54) is 17.5 Å². The predicted molar refractivity (Wildman–Crippen MR) is 86.5 cm³/mol. The Morgan fingerprint density at radius 2 is 2.14 bits per heavy atom. The molecule has 0 saturated carbocycles. The van der Waals surface area contributed by atoms with Crippen molar-refractivity contribution >= 4 is 44.8 Å². The maximum atomic E-state index is 11.4. The number of benzene rings is 1. The summed E-state index contributed by atoms with van der Waals surface area (Å²) in [6, 6.07) is 11.0. The molecule has 0 unspecified atom stereocenters. The highest BCUT2D eigenvalue weighted by atomic mass is 79.9. The number of hydrogen-bond acceptors (Lipinski definition) is 3. The molecule has 0 atom stereocenters. The fourth-order valence-corrected chi connectivity index (χ4v) is 3.33. The Morgan fingerprint density at radius 3 is 2.76 bits per heavy atom. The Labute approximate surface area is 137 Å². The number of aromatic nitrogens is 2. The van der Waals surface area contributed by atoms with Gasteiger partial charge in [-0.15, -0.1) is 11.3 Å². The van der Waals surface area contributed by atoms with Gasteiger partial charge in [0.2, 0.25) is 0 Å². The van der Waals surface area contributed by atoms with Crippen LogP contribution in [0.3, 0.4) is 0 Å². The molecule has 106 valence electrons. The predicted octanol–water partition coefficient (Wildman–Crippen LogP) is 4.71. The second-order valence-electron chi connectivity index (χ2n) is 4.22. The molecule has 2 heterocycles. The van der Waals surface area contributed by atoms with E-state index in [-0.39, 0.29) is 5.56 Å². The number of thiophene rings is 1. The van der Waals surface area contributed by atoms with Crippen LogP contribution in [-0.2, 0) is 0 Å². The number of aromatic carboxylic acids is 1. The summed E-state index contributed by atoms with van der Waals surface area (Å²) in [4.78, 5) is 12.2. The first-order chi connectivity index (χ1) is 10.0. The Balaban J connectivity index is 2.15. The lowest BCUT2D eigenvalue weighted by atomic mass is 10.2. The quantitative estimate of drug-likeness (QED) is 0.712. The molecule has 2 aromatic heterocycles. The second-order valence-corrected chi connectivity index (χ2v) is 6.86. The van der Waals surface area contributed by atoms with E-state index in [9.17, 15) is 9.90 Å². The van der Waals surface area contributed by atoms with Crippen LogP contribution < -0.4 is 0 Å². The van der Waals surface area contributed by atoms with Crippen molar-refractivity contribution in [3.63, 3.8) is 0 Å². The van der Waals surface area contributed by atoms with E-state index in [4.69, 9.17) is 11.6 Å². The van der Waals surface area contributed by atoms with Crippen molar-refractivity contribution in [2.45, 2.75) is 0 Å². The normalized spacial score (nSPS) is 10.8. The molecule has 0 spiro atoms.